The second kappa shape index (κ2) is 10.4. The van der Waals surface area contributed by atoms with Gasteiger partial charge in [-0.05, 0) is 68.4 Å². The minimum absolute atomic E-state index is 0.217. The van der Waals surface area contributed by atoms with Crippen molar-refractivity contribution >= 4 is 39.8 Å². The zero-order chi connectivity index (χ0) is 26.1. The summed E-state index contributed by atoms with van der Waals surface area (Å²) in [7, 11) is 2.95. The Balaban J connectivity index is 1.33. The first-order valence-electron chi connectivity index (χ1n) is 11.7. The molecule has 1 aliphatic rings. The van der Waals surface area contributed by atoms with Gasteiger partial charge in [-0.2, -0.15) is 0 Å². The lowest BCUT2D eigenvalue weighted by Gasteiger charge is -2.37. The fourth-order valence-corrected chi connectivity index (χ4v) is 4.37. The zero-order valence-corrected chi connectivity index (χ0v) is 22.7. The molecule has 4 heterocycles. The number of anilines is 1. The SMILES string of the molecule is COc1ncc(B2OC(C)(C)C(C)(CCN(C)CCOc3cnc4ccc(Br)cn4c3=O)O2)cc1N. The summed E-state index contributed by atoms with van der Waals surface area (Å²) >= 11 is 3.38. The van der Waals surface area contributed by atoms with Crippen LogP contribution < -0.4 is 26.2 Å². The van der Waals surface area contributed by atoms with E-state index in [0.29, 0.717) is 30.4 Å². The Morgan fingerprint density at radius 2 is 1.97 bits per heavy atom. The Labute approximate surface area is 219 Å². The molecule has 36 heavy (non-hydrogen) atoms. The van der Waals surface area contributed by atoms with Gasteiger partial charge in [0.1, 0.15) is 12.3 Å². The van der Waals surface area contributed by atoms with Crippen LogP contribution >= 0.6 is 15.9 Å². The molecule has 0 radical (unpaired) electrons. The van der Waals surface area contributed by atoms with Gasteiger partial charge in [-0.25, -0.2) is 9.97 Å². The maximum atomic E-state index is 12.7. The number of fused-ring (bicyclic) bond motifs is 1. The molecule has 10 nitrogen and oxygen atoms in total. The summed E-state index contributed by atoms with van der Waals surface area (Å²) in [6, 6.07) is 5.37. The number of ether oxygens (including phenoxy) is 2. The quantitative estimate of drug-likeness (QED) is 0.394. The van der Waals surface area contributed by atoms with Crippen LogP contribution in [0.4, 0.5) is 5.69 Å². The number of aromatic nitrogens is 3. The van der Waals surface area contributed by atoms with E-state index in [9.17, 15) is 4.79 Å². The van der Waals surface area contributed by atoms with Crippen molar-refractivity contribution < 1.29 is 18.8 Å². The minimum atomic E-state index is -0.576. The van der Waals surface area contributed by atoms with Gasteiger partial charge in [0.25, 0.3) is 5.56 Å². The first-order valence-corrected chi connectivity index (χ1v) is 12.5. The van der Waals surface area contributed by atoms with Gasteiger partial charge in [0.2, 0.25) is 11.6 Å². The molecule has 12 heteroatoms. The smallest absolute Gasteiger partial charge is 0.485 e. The van der Waals surface area contributed by atoms with Crippen LogP contribution in [0, 0.1) is 0 Å². The summed E-state index contributed by atoms with van der Waals surface area (Å²) in [6.45, 7) is 7.82. The predicted molar refractivity (Wildman–Crippen MR) is 142 cm³/mol. The highest BCUT2D eigenvalue weighted by atomic mass is 79.9. The molecule has 0 saturated carbocycles. The van der Waals surface area contributed by atoms with Crippen LogP contribution in [-0.4, -0.2) is 71.4 Å². The number of halogens is 1. The van der Waals surface area contributed by atoms with E-state index < -0.39 is 18.3 Å². The van der Waals surface area contributed by atoms with Gasteiger partial charge in [-0.15, -0.1) is 0 Å². The molecule has 0 aliphatic carbocycles. The molecule has 1 unspecified atom stereocenters. The van der Waals surface area contributed by atoms with E-state index in [1.165, 1.54) is 17.7 Å². The number of methoxy groups -OCH3 is 1. The second-order valence-corrected chi connectivity index (χ2v) is 10.5. The Kier molecular flexibility index (Phi) is 7.60. The highest BCUT2D eigenvalue weighted by Gasteiger charge is 2.54. The normalized spacial score (nSPS) is 19.2. The molecule has 0 spiro atoms. The van der Waals surface area contributed by atoms with Crippen LogP contribution in [-0.2, 0) is 9.31 Å². The number of likely N-dealkylation sites (N-methyl/N-ethyl adjacent to an activating group) is 1. The standard InChI is InChI=1S/C24H31BBrN5O5/c1-23(2)24(3,36-25(35-23)16-12-18(27)21(33-5)29-13-16)8-9-30(4)10-11-34-19-14-28-20-7-6-17(26)15-31(20)22(19)32/h6-7,12-15H,8-11,27H2,1-5H3. The Morgan fingerprint density at radius 1 is 1.19 bits per heavy atom. The Bertz CT molecular complexity index is 1310. The molecule has 1 atom stereocenters. The zero-order valence-electron chi connectivity index (χ0n) is 21.2. The second-order valence-electron chi connectivity index (χ2n) is 9.58. The molecular weight excluding hydrogens is 529 g/mol. The van der Waals surface area contributed by atoms with Crippen LogP contribution in [0.3, 0.4) is 0 Å². The van der Waals surface area contributed by atoms with Crippen molar-refractivity contribution in [3.63, 3.8) is 0 Å². The number of nitrogen functional groups attached to an aromatic ring is 1. The fraction of sp³-hybridized carbons (Fsp3) is 0.458. The molecule has 1 aliphatic heterocycles. The minimum Gasteiger partial charge on any atom is -0.485 e. The van der Waals surface area contributed by atoms with Gasteiger partial charge < -0.3 is 29.4 Å². The molecular formula is C24H31BBrN5O5. The number of rotatable bonds is 9. The van der Waals surface area contributed by atoms with Crippen molar-refractivity contribution in [2.24, 2.45) is 0 Å². The average molecular weight is 560 g/mol. The van der Waals surface area contributed by atoms with Crippen LogP contribution in [0.25, 0.3) is 5.65 Å². The summed E-state index contributed by atoms with van der Waals surface area (Å²) in [5.41, 5.74) is 6.44. The van der Waals surface area contributed by atoms with Crippen LogP contribution in [0.15, 0.2) is 46.1 Å². The number of hydrogen-bond donors (Lipinski definition) is 1. The number of pyridine rings is 2. The molecule has 4 rings (SSSR count). The molecule has 0 bridgehead atoms. The van der Waals surface area contributed by atoms with Crippen LogP contribution in [0.2, 0.25) is 0 Å². The Hall–Kier alpha value is -2.67. The topological polar surface area (TPSA) is 113 Å². The lowest BCUT2D eigenvalue weighted by molar-refractivity contribution is -0.0207. The summed E-state index contributed by atoms with van der Waals surface area (Å²) < 4.78 is 25.8. The van der Waals surface area contributed by atoms with E-state index in [-0.39, 0.29) is 11.3 Å². The molecule has 1 fully saturated rings. The first kappa shape index (κ1) is 26.4. The lowest BCUT2D eigenvalue weighted by atomic mass is 9.80. The van der Waals surface area contributed by atoms with Crippen molar-refractivity contribution in [3.05, 3.63) is 51.6 Å². The van der Waals surface area contributed by atoms with E-state index in [1.807, 2.05) is 27.0 Å². The van der Waals surface area contributed by atoms with Gasteiger partial charge in [0.15, 0.2) is 0 Å². The number of hydrogen-bond acceptors (Lipinski definition) is 9. The van der Waals surface area contributed by atoms with E-state index in [4.69, 9.17) is 24.5 Å². The Morgan fingerprint density at radius 3 is 2.69 bits per heavy atom. The van der Waals surface area contributed by atoms with Gasteiger partial charge in [0.05, 0.1) is 30.2 Å². The molecule has 3 aromatic heterocycles. The van der Waals surface area contributed by atoms with Crippen molar-refractivity contribution in [1.29, 1.82) is 0 Å². The highest BCUT2D eigenvalue weighted by Crippen LogP contribution is 2.39. The third-order valence-electron chi connectivity index (χ3n) is 6.74. The summed E-state index contributed by atoms with van der Waals surface area (Å²) in [5, 5.41) is 0. The van der Waals surface area contributed by atoms with E-state index in [0.717, 1.165) is 22.9 Å². The summed E-state index contributed by atoms with van der Waals surface area (Å²) in [4.78, 5) is 23.4. The third kappa shape index (κ3) is 5.36. The predicted octanol–water partition coefficient (Wildman–Crippen LogP) is 2.12. The molecule has 2 N–H and O–H groups in total. The summed E-state index contributed by atoms with van der Waals surface area (Å²) in [5.74, 6) is 0.590. The van der Waals surface area contributed by atoms with Crippen LogP contribution in [0.5, 0.6) is 11.6 Å². The van der Waals surface area contributed by atoms with Crippen LogP contribution in [0.1, 0.15) is 27.2 Å². The monoisotopic (exact) mass is 559 g/mol. The maximum Gasteiger partial charge on any atom is 0.496 e. The van der Waals surface area contributed by atoms with Crippen molar-refractivity contribution in [1.82, 2.24) is 19.3 Å². The third-order valence-corrected chi connectivity index (χ3v) is 7.21. The summed E-state index contributed by atoms with van der Waals surface area (Å²) in [6.07, 6.45) is 5.54. The van der Waals surface area contributed by atoms with Gasteiger partial charge in [-0.1, -0.05) is 0 Å². The molecule has 192 valence electrons. The largest absolute Gasteiger partial charge is 0.496 e. The number of nitrogens with zero attached hydrogens (tertiary/aromatic N) is 4. The number of nitrogens with two attached hydrogens (primary N) is 1. The van der Waals surface area contributed by atoms with Gasteiger partial charge >= 0.3 is 7.12 Å². The molecule has 1 saturated heterocycles. The highest BCUT2D eigenvalue weighted by molar-refractivity contribution is 9.10. The van der Waals surface area contributed by atoms with E-state index in [2.05, 4.69) is 37.7 Å². The first-order chi connectivity index (χ1) is 17.0. The van der Waals surface area contributed by atoms with Crippen molar-refractivity contribution in [2.75, 3.05) is 39.6 Å². The fourth-order valence-electron chi connectivity index (χ4n) is 4.04. The van der Waals surface area contributed by atoms with Crippen molar-refractivity contribution in [2.45, 2.75) is 38.4 Å². The average Bonchev–Trinajstić information content (AvgIpc) is 3.08. The van der Waals surface area contributed by atoms with Crippen molar-refractivity contribution in [3.8, 4) is 11.6 Å². The molecule has 0 aromatic carbocycles. The molecule has 0 amide bonds. The van der Waals surface area contributed by atoms with E-state index >= 15 is 0 Å². The van der Waals surface area contributed by atoms with Gasteiger partial charge in [-0.3, -0.25) is 9.20 Å². The van der Waals surface area contributed by atoms with Gasteiger partial charge in [0, 0.05) is 35.4 Å². The molecule has 3 aromatic rings. The van der Waals surface area contributed by atoms with E-state index in [1.54, 1.807) is 24.5 Å². The maximum absolute atomic E-state index is 12.7. The lowest BCUT2D eigenvalue weighted by Crippen LogP contribution is -2.47.